The molecule has 2 atom stereocenters. The highest BCUT2D eigenvalue weighted by molar-refractivity contribution is 5.57. The van der Waals surface area contributed by atoms with Crippen LogP contribution < -0.4 is 14.8 Å². The summed E-state index contributed by atoms with van der Waals surface area (Å²) < 4.78 is 12.0. The Balaban J connectivity index is 2.08. The Bertz CT molecular complexity index is 468. The minimum atomic E-state index is -0.109. The summed E-state index contributed by atoms with van der Waals surface area (Å²) in [6.07, 6.45) is 1.12. The van der Waals surface area contributed by atoms with Gasteiger partial charge in [-0.05, 0) is 27.8 Å². The Morgan fingerprint density at radius 1 is 1.29 bits per heavy atom. The van der Waals surface area contributed by atoms with Crippen molar-refractivity contribution in [1.29, 1.82) is 0 Å². The number of likely N-dealkylation sites (N-methyl/N-ethyl adjacent to an activating group) is 1. The summed E-state index contributed by atoms with van der Waals surface area (Å²) in [6, 6.07) is 4.61. The number of nitrogens with one attached hydrogen (secondary N) is 1. The molecule has 0 radical (unpaired) electrons. The van der Waals surface area contributed by atoms with E-state index in [9.17, 15) is 0 Å². The molecule has 17 heavy (non-hydrogen) atoms. The monoisotopic (exact) mass is 233 g/mol. The molecule has 1 N–H and O–H groups in total. The molecule has 3 nitrogen and oxygen atoms in total. The number of hydrogen-bond acceptors (Lipinski definition) is 3. The standard InChI is InChI=1S/C14H19NO2/c1-8-11(15-4)10-6-5-9-7-14(2,3)17-12(9)13(10)16-8/h5-6,8,11,15H,7H2,1-4H3. The van der Waals surface area contributed by atoms with Crippen molar-refractivity contribution in [2.24, 2.45) is 0 Å². The zero-order valence-electron chi connectivity index (χ0n) is 10.8. The van der Waals surface area contributed by atoms with E-state index >= 15 is 0 Å². The van der Waals surface area contributed by atoms with Crippen LogP contribution in [0.1, 0.15) is 37.9 Å². The third-order valence-electron chi connectivity index (χ3n) is 3.64. The van der Waals surface area contributed by atoms with Crippen LogP contribution in [0.4, 0.5) is 0 Å². The molecule has 0 aliphatic carbocycles. The van der Waals surface area contributed by atoms with Gasteiger partial charge in [0.25, 0.3) is 0 Å². The largest absolute Gasteiger partial charge is 0.484 e. The summed E-state index contributed by atoms with van der Waals surface area (Å²) in [4.78, 5) is 0. The van der Waals surface area contributed by atoms with Crippen molar-refractivity contribution < 1.29 is 9.47 Å². The molecule has 0 bridgehead atoms. The quantitative estimate of drug-likeness (QED) is 0.808. The number of rotatable bonds is 1. The molecule has 0 saturated heterocycles. The molecule has 92 valence electrons. The fraction of sp³-hybridized carbons (Fsp3) is 0.571. The van der Waals surface area contributed by atoms with Crippen molar-refractivity contribution in [3.8, 4) is 11.5 Å². The summed E-state index contributed by atoms with van der Waals surface area (Å²) >= 11 is 0. The van der Waals surface area contributed by atoms with E-state index in [1.54, 1.807) is 0 Å². The first-order chi connectivity index (χ1) is 8.02. The molecule has 2 heterocycles. The van der Waals surface area contributed by atoms with E-state index in [4.69, 9.17) is 9.47 Å². The van der Waals surface area contributed by atoms with Crippen LogP contribution in [0.15, 0.2) is 12.1 Å². The first-order valence-electron chi connectivity index (χ1n) is 6.20. The fourth-order valence-corrected chi connectivity index (χ4v) is 2.90. The van der Waals surface area contributed by atoms with Gasteiger partial charge in [0.15, 0.2) is 11.5 Å². The third kappa shape index (κ3) is 1.53. The van der Waals surface area contributed by atoms with Gasteiger partial charge in [0.05, 0.1) is 6.04 Å². The molecule has 1 aromatic rings. The van der Waals surface area contributed by atoms with Crippen molar-refractivity contribution in [3.63, 3.8) is 0 Å². The average Bonchev–Trinajstić information content (AvgIpc) is 2.72. The van der Waals surface area contributed by atoms with Crippen molar-refractivity contribution >= 4 is 0 Å². The summed E-state index contributed by atoms with van der Waals surface area (Å²) in [5, 5.41) is 3.30. The van der Waals surface area contributed by atoms with Gasteiger partial charge in [-0.15, -0.1) is 0 Å². The average molecular weight is 233 g/mol. The predicted octanol–water partition coefficient (Wildman–Crippen LogP) is 2.44. The van der Waals surface area contributed by atoms with E-state index in [0.717, 1.165) is 17.9 Å². The molecule has 3 heteroatoms. The molecule has 2 unspecified atom stereocenters. The maximum atomic E-state index is 6.03. The van der Waals surface area contributed by atoms with Crippen LogP contribution in [0.2, 0.25) is 0 Å². The molecule has 1 aromatic carbocycles. The van der Waals surface area contributed by atoms with Crippen LogP contribution in [0, 0.1) is 0 Å². The Hall–Kier alpha value is -1.22. The molecule has 2 aliphatic rings. The molecule has 0 fully saturated rings. The zero-order chi connectivity index (χ0) is 12.2. The zero-order valence-corrected chi connectivity index (χ0v) is 10.8. The van der Waals surface area contributed by atoms with E-state index in [0.29, 0.717) is 0 Å². The minimum Gasteiger partial charge on any atom is -0.484 e. The highest BCUT2D eigenvalue weighted by atomic mass is 16.5. The molecule has 3 rings (SSSR count). The number of benzene rings is 1. The Morgan fingerprint density at radius 3 is 2.76 bits per heavy atom. The Labute approximate surface area is 102 Å². The lowest BCUT2D eigenvalue weighted by Crippen LogP contribution is -2.25. The second kappa shape index (κ2) is 3.39. The van der Waals surface area contributed by atoms with Gasteiger partial charge in [0, 0.05) is 17.5 Å². The summed E-state index contributed by atoms with van der Waals surface area (Å²) in [5.41, 5.74) is 2.37. The van der Waals surface area contributed by atoms with Crippen LogP contribution in [0.3, 0.4) is 0 Å². The van der Waals surface area contributed by atoms with Crippen molar-refractivity contribution in [2.45, 2.75) is 44.9 Å². The molecular formula is C14H19NO2. The molecule has 2 aliphatic heterocycles. The van der Waals surface area contributed by atoms with Crippen LogP contribution in [-0.4, -0.2) is 18.8 Å². The van der Waals surface area contributed by atoms with Gasteiger partial charge in [0.1, 0.15) is 11.7 Å². The SMILES string of the molecule is CNC1c2ccc3c(c2OC1C)OC(C)(C)C3. The van der Waals surface area contributed by atoms with Crippen LogP contribution in [-0.2, 0) is 6.42 Å². The lowest BCUT2D eigenvalue weighted by atomic mass is 9.98. The number of ether oxygens (including phenoxy) is 2. The topological polar surface area (TPSA) is 30.5 Å². The molecular weight excluding hydrogens is 214 g/mol. The van der Waals surface area contributed by atoms with Crippen LogP contribution in [0.25, 0.3) is 0 Å². The normalized spacial score (nSPS) is 28.2. The van der Waals surface area contributed by atoms with Crippen LogP contribution >= 0.6 is 0 Å². The molecule has 0 saturated carbocycles. The first-order valence-corrected chi connectivity index (χ1v) is 6.20. The van der Waals surface area contributed by atoms with Gasteiger partial charge >= 0.3 is 0 Å². The molecule has 0 amide bonds. The lowest BCUT2D eigenvalue weighted by Gasteiger charge is -2.17. The summed E-state index contributed by atoms with van der Waals surface area (Å²) in [5.74, 6) is 1.90. The second-order valence-corrected chi connectivity index (χ2v) is 5.60. The van der Waals surface area contributed by atoms with Gasteiger partial charge in [-0.3, -0.25) is 0 Å². The molecule has 0 spiro atoms. The smallest absolute Gasteiger partial charge is 0.166 e. The van der Waals surface area contributed by atoms with Crippen molar-refractivity contribution in [3.05, 3.63) is 23.3 Å². The van der Waals surface area contributed by atoms with Crippen LogP contribution in [0.5, 0.6) is 11.5 Å². The van der Waals surface area contributed by atoms with E-state index in [1.807, 2.05) is 7.05 Å². The maximum Gasteiger partial charge on any atom is 0.166 e. The Morgan fingerprint density at radius 2 is 2.06 bits per heavy atom. The van der Waals surface area contributed by atoms with E-state index in [2.05, 4.69) is 38.2 Å². The van der Waals surface area contributed by atoms with E-state index < -0.39 is 0 Å². The highest BCUT2D eigenvalue weighted by Crippen LogP contribution is 2.49. The van der Waals surface area contributed by atoms with Crippen molar-refractivity contribution in [1.82, 2.24) is 5.32 Å². The van der Waals surface area contributed by atoms with Gasteiger partial charge in [-0.25, -0.2) is 0 Å². The Kier molecular flexibility index (Phi) is 2.17. The maximum absolute atomic E-state index is 6.03. The van der Waals surface area contributed by atoms with Gasteiger partial charge in [-0.2, -0.15) is 0 Å². The van der Waals surface area contributed by atoms with Crippen molar-refractivity contribution in [2.75, 3.05) is 7.05 Å². The predicted molar refractivity (Wildman–Crippen MR) is 66.7 cm³/mol. The summed E-state index contributed by atoms with van der Waals surface area (Å²) in [6.45, 7) is 6.33. The van der Waals surface area contributed by atoms with Gasteiger partial charge in [-0.1, -0.05) is 12.1 Å². The van der Waals surface area contributed by atoms with E-state index in [-0.39, 0.29) is 17.7 Å². The highest BCUT2D eigenvalue weighted by Gasteiger charge is 2.39. The van der Waals surface area contributed by atoms with Gasteiger partial charge in [0.2, 0.25) is 0 Å². The second-order valence-electron chi connectivity index (χ2n) is 5.60. The third-order valence-corrected chi connectivity index (χ3v) is 3.64. The number of hydrogen-bond donors (Lipinski definition) is 1. The van der Waals surface area contributed by atoms with E-state index in [1.165, 1.54) is 11.1 Å². The fourth-order valence-electron chi connectivity index (χ4n) is 2.90. The number of fused-ring (bicyclic) bond motifs is 3. The molecule has 0 aromatic heterocycles. The first kappa shape index (κ1) is 10.9. The minimum absolute atomic E-state index is 0.109. The van der Waals surface area contributed by atoms with Gasteiger partial charge < -0.3 is 14.8 Å². The summed E-state index contributed by atoms with van der Waals surface area (Å²) in [7, 11) is 1.97. The lowest BCUT2D eigenvalue weighted by molar-refractivity contribution is 0.129.